The van der Waals surface area contributed by atoms with Gasteiger partial charge >= 0.3 is 0 Å². The largest absolute Gasteiger partial charge is 0.396 e. The molecule has 2 rings (SSSR count). The van der Waals surface area contributed by atoms with Gasteiger partial charge in [0.15, 0.2) is 0 Å². The molecular weight excluding hydrogens is 218 g/mol. The molecule has 0 radical (unpaired) electrons. The van der Waals surface area contributed by atoms with Gasteiger partial charge < -0.3 is 10.0 Å². The third-order valence-electron chi connectivity index (χ3n) is 3.28. The van der Waals surface area contributed by atoms with E-state index in [9.17, 15) is 9.90 Å². The fraction of sp³-hybridized carbons (Fsp3) is 0.583. The zero-order chi connectivity index (χ0) is 12.3. The molecule has 0 saturated carbocycles. The van der Waals surface area contributed by atoms with Crippen LogP contribution in [-0.4, -0.2) is 45.1 Å². The van der Waals surface area contributed by atoms with Gasteiger partial charge in [0.1, 0.15) is 5.69 Å². The summed E-state index contributed by atoms with van der Waals surface area (Å²) in [4.78, 5) is 21.9. The van der Waals surface area contributed by atoms with E-state index in [0.717, 1.165) is 12.8 Å². The lowest BCUT2D eigenvalue weighted by atomic mass is 9.94. The third-order valence-corrected chi connectivity index (χ3v) is 3.28. The van der Waals surface area contributed by atoms with E-state index in [1.807, 2.05) is 6.92 Å². The predicted molar refractivity (Wildman–Crippen MR) is 62.3 cm³/mol. The fourth-order valence-electron chi connectivity index (χ4n) is 2.17. The molecule has 0 bridgehead atoms. The van der Waals surface area contributed by atoms with Crippen LogP contribution in [0.4, 0.5) is 0 Å². The summed E-state index contributed by atoms with van der Waals surface area (Å²) in [6, 6.07) is 0.201. The second kappa shape index (κ2) is 5.23. The highest BCUT2D eigenvalue weighted by atomic mass is 16.3. The number of rotatable bonds is 2. The Morgan fingerprint density at radius 3 is 3.00 bits per heavy atom. The summed E-state index contributed by atoms with van der Waals surface area (Å²) in [5, 5.41) is 9.18. The number of carbonyl (C=O) groups is 1. The van der Waals surface area contributed by atoms with E-state index in [2.05, 4.69) is 9.97 Å². The number of nitrogens with zero attached hydrogens (tertiary/aromatic N) is 3. The van der Waals surface area contributed by atoms with Gasteiger partial charge in [-0.2, -0.15) is 0 Å². The van der Waals surface area contributed by atoms with Crippen molar-refractivity contribution in [2.24, 2.45) is 5.92 Å². The molecule has 1 fully saturated rings. The number of aliphatic hydroxyl groups is 1. The molecule has 2 heterocycles. The Bertz CT molecular complexity index is 383. The van der Waals surface area contributed by atoms with E-state index in [4.69, 9.17) is 0 Å². The van der Waals surface area contributed by atoms with Gasteiger partial charge in [0, 0.05) is 31.6 Å². The molecule has 1 aliphatic heterocycles. The van der Waals surface area contributed by atoms with Gasteiger partial charge in [-0.3, -0.25) is 9.78 Å². The van der Waals surface area contributed by atoms with Crippen molar-refractivity contribution in [1.82, 2.24) is 14.9 Å². The molecule has 92 valence electrons. The number of amides is 1. The second-order valence-corrected chi connectivity index (χ2v) is 4.52. The minimum Gasteiger partial charge on any atom is -0.396 e. The highest BCUT2D eigenvalue weighted by Crippen LogP contribution is 2.22. The smallest absolute Gasteiger partial charge is 0.274 e. The average Bonchev–Trinajstić information content (AvgIpc) is 2.39. The van der Waals surface area contributed by atoms with Crippen molar-refractivity contribution in [3.63, 3.8) is 0 Å². The van der Waals surface area contributed by atoms with Crippen LogP contribution < -0.4 is 0 Å². The Balaban J connectivity index is 2.12. The number of aromatic nitrogens is 2. The van der Waals surface area contributed by atoms with E-state index < -0.39 is 0 Å². The molecule has 0 spiro atoms. The Morgan fingerprint density at radius 1 is 1.53 bits per heavy atom. The fourth-order valence-corrected chi connectivity index (χ4v) is 2.17. The van der Waals surface area contributed by atoms with Gasteiger partial charge in [-0.1, -0.05) is 0 Å². The van der Waals surface area contributed by atoms with Crippen LogP contribution in [0.25, 0.3) is 0 Å². The molecule has 5 nitrogen and oxygen atoms in total. The zero-order valence-electron chi connectivity index (χ0n) is 9.91. The topological polar surface area (TPSA) is 66.3 Å². The average molecular weight is 235 g/mol. The molecule has 1 aliphatic rings. The second-order valence-electron chi connectivity index (χ2n) is 4.52. The van der Waals surface area contributed by atoms with Crippen molar-refractivity contribution in [3.05, 3.63) is 24.3 Å². The van der Waals surface area contributed by atoms with Crippen LogP contribution in [-0.2, 0) is 0 Å². The summed E-state index contributed by atoms with van der Waals surface area (Å²) in [5.74, 6) is 0.0931. The van der Waals surface area contributed by atoms with Crippen molar-refractivity contribution in [3.8, 4) is 0 Å². The maximum atomic E-state index is 12.2. The van der Waals surface area contributed by atoms with Crippen LogP contribution in [0.2, 0.25) is 0 Å². The molecule has 1 aromatic rings. The van der Waals surface area contributed by atoms with E-state index >= 15 is 0 Å². The lowest BCUT2D eigenvalue weighted by Crippen LogP contribution is -2.46. The molecule has 0 aliphatic carbocycles. The number of piperidine rings is 1. The first kappa shape index (κ1) is 12.0. The molecule has 1 saturated heterocycles. The summed E-state index contributed by atoms with van der Waals surface area (Å²) in [5.41, 5.74) is 0.373. The summed E-state index contributed by atoms with van der Waals surface area (Å²) < 4.78 is 0. The highest BCUT2D eigenvalue weighted by molar-refractivity contribution is 5.92. The SMILES string of the molecule is CC1CCC(CO)CN1C(=O)c1cnccn1. The summed E-state index contributed by atoms with van der Waals surface area (Å²) >= 11 is 0. The van der Waals surface area contributed by atoms with E-state index in [1.54, 1.807) is 11.1 Å². The molecule has 17 heavy (non-hydrogen) atoms. The quantitative estimate of drug-likeness (QED) is 0.819. The minimum atomic E-state index is -0.0937. The maximum absolute atomic E-state index is 12.2. The van der Waals surface area contributed by atoms with Crippen molar-refractivity contribution < 1.29 is 9.90 Å². The van der Waals surface area contributed by atoms with Gasteiger partial charge in [0.25, 0.3) is 5.91 Å². The first-order valence-electron chi connectivity index (χ1n) is 5.90. The molecule has 2 unspecified atom stereocenters. The van der Waals surface area contributed by atoms with Crippen molar-refractivity contribution in [2.45, 2.75) is 25.8 Å². The first-order valence-corrected chi connectivity index (χ1v) is 5.90. The van der Waals surface area contributed by atoms with Gasteiger partial charge in [-0.05, 0) is 25.7 Å². The Morgan fingerprint density at radius 2 is 2.35 bits per heavy atom. The van der Waals surface area contributed by atoms with Crippen LogP contribution >= 0.6 is 0 Å². The molecule has 2 atom stereocenters. The van der Waals surface area contributed by atoms with E-state index in [-0.39, 0.29) is 24.5 Å². The third kappa shape index (κ3) is 2.61. The first-order chi connectivity index (χ1) is 8.22. The van der Waals surface area contributed by atoms with Crippen molar-refractivity contribution >= 4 is 5.91 Å². The van der Waals surface area contributed by atoms with Crippen LogP contribution in [0, 0.1) is 5.92 Å². The number of carbonyl (C=O) groups excluding carboxylic acids is 1. The maximum Gasteiger partial charge on any atom is 0.274 e. The molecule has 0 aromatic carbocycles. The lowest BCUT2D eigenvalue weighted by molar-refractivity contribution is 0.0483. The Labute approximate surface area is 100 Å². The monoisotopic (exact) mass is 235 g/mol. The number of hydrogen-bond donors (Lipinski definition) is 1. The molecule has 5 heteroatoms. The normalized spacial score (nSPS) is 24.7. The summed E-state index contributed by atoms with van der Waals surface area (Å²) in [6.07, 6.45) is 6.45. The number of hydrogen-bond acceptors (Lipinski definition) is 4. The van der Waals surface area contributed by atoms with Gasteiger partial charge in [-0.15, -0.1) is 0 Å². The molecular formula is C12H17N3O2. The van der Waals surface area contributed by atoms with Crippen molar-refractivity contribution in [1.29, 1.82) is 0 Å². The Kier molecular flexibility index (Phi) is 3.68. The molecule has 1 N–H and O–H groups in total. The summed E-state index contributed by atoms with van der Waals surface area (Å²) in [6.45, 7) is 2.77. The molecule has 1 aromatic heterocycles. The van der Waals surface area contributed by atoms with E-state index in [0.29, 0.717) is 12.2 Å². The highest BCUT2D eigenvalue weighted by Gasteiger charge is 2.29. The van der Waals surface area contributed by atoms with Crippen molar-refractivity contribution in [2.75, 3.05) is 13.2 Å². The van der Waals surface area contributed by atoms with Crippen LogP contribution in [0.1, 0.15) is 30.3 Å². The lowest BCUT2D eigenvalue weighted by Gasteiger charge is -2.37. The van der Waals surface area contributed by atoms with Crippen LogP contribution in [0.15, 0.2) is 18.6 Å². The standard InChI is InChI=1S/C12H17N3O2/c1-9-2-3-10(8-16)7-15(9)12(17)11-6-13-4-5-14-11/h4-6,9-10,16H,2-3,7-8H2,1H3. The number of aliphatic hydroxyl groups excluding tert-OH is 1. The number of likely N-dealkylation sites (tertiary alicyclic amines) is 1. The molecule has 1 amide bonds. The van der Waals surface area contributed by atoms with Crippen LogP contribution in [0.3, 0.4) is 0 Å². The van der Waals surface area contributed by atoms with E-state index in [1.165, 1.54) is 12.4 Å². The summed E-state index contributed by atoms with van der Waals surface area (Å²) in [7, 11) is 0. The van der Waals surface area contributed by atoms with Gasteiger partial charge in [-0.25, -0.2) is 4.98 Å². The van der Waals surface area contributed by atoms with Crippen LogP contribution in [0.5, 0.6) is 0 Å². The Hall–Kier alpha value is -1.49. The predicted octanol–water partition coefficient (Wildman–Crippen LogP) is 0.710. The zero-order valence-corrected chi connectivity index (χ0v) is 9.91. The van der Waals surface area contributed by atoms with Gasteiger partial charge in [0.05, 0.1) is 6.20 Å². The van der Waals surface area contributed by atoms with Gasteiger partial charge in [0.2, 0.25) is 0 Å². The minimum absolute atomic E-state index is 0.0937.